The minimum absolute atomic E-state index is 0.0159. The number of aryl methyl sites for hydroxylation is 1. The lowest BCUT2D eigenvalue weighted by Crippen LogP contribution is -2.41. The molecule has 0 radical (unpaired) electrons. The maximum Gasteiger partial charge on any atom is 0.326 e. The van der Waals surface area contributed by atoms with Gasteiger partial charge < -0.3 is 20.6 Å². The molecule has 1 atom stereocenters. The summed E-state index contributed by atoms with van der Waals surface area (Å²) in [5.41, 5.74) is 6.04. The van der Waals surface area contributed by atoms with E-state index < -0.39 is 17.9 Å². The first-order valence-corrected chi connectivity index (χ1v) is 16.0. The summed E-state index contributed by atoms with van der Waals surface area (Å²) in [6.07, 6.45) is 2.24. The van der Waals surface area contributed by atoms with Crippen LogP contribution in [0.2, 0.25) is 0 Å². The van der Waals surface area contributed by atoms with Crippen LogP contribution in [0.5, 0.6) is 0 Å². The van der Waals surface area contributed by atoms with Crippen LogP contribution in [0.4, 0.5) is 0 Å². The molecule has 0 saturated carbocycles. The number of rotatable bonds is 15. The Morgan fingerprint density at radius 1 is 0.795 bits per heavy atom. The summed E-state index contributed by atoms with van der Waals surface area (Å²) in [6.45, 7) is 3.56. The summed E-state index contributed by atoms with van der Waals surface area (Å²) < 4.78 is 0. The molecule has 44 heavy (non-hydrogen) atoms. The third-order valence-corrected chi connectivity index (χ3v) is 8.01. The van der Waals surface area contributed by atoms with Gasteiger partial charge in [-0.25, -0.2) is 4.79 Å². The van der Waals surface area contributed by atoms with Crippen LogP contribution in [-0.4, -0.2) is 52.4 Å². The van der Waals surface area contributed by atoms with Gasteiger partial charge >= 0.3 is 5.97 Å². The second-order valence-corrected chi connectivity index (χ2v) is 11.7. The largest absolute Gasteiger partial charge is 0.480 e. The summed E-state index contributed by atoms with van der Waals surface area (Å²) >= 11 is 1.54. The van der Waals surface area contributed by atoms with E-state index in [-0.39, 0.29) is 12.5 Å². The fourth-order valence-electron chi connectivity index (χ4n) is 4.99. The fourth-order valence-corrected chi connectivity index (χ4v) is 5.46. The van der Waals surface area contributed by atoms with Gasteiger partial charge in [0.2, 0.25) is 5.91 Å². The number of hydrogen-bond acceptors (Lipinski definition) is 5. The zero-order valence-electron chi connectivity index (χ0n) is 25.2. The highest BCUT2D eigenvalue weighted by molar-refractivity contribution is 7.98. The van der Waals surface area contributed by atoms with Crippen LogP contribution >= 0.6 is 11.8 Å². The van der Waals surface area contributed by atoms with Crippen LogP contribution < -0.4 is 10.6 Å². The smallest absolute Gasteiger partial charge is 0.326 e. The molecule has 4 rings (SSSR count). The second-order valence-electron chi connectivity index (χ2n) is 10.7. The van der Waals surface area contributed by atoms with Gasteiger partial charge in [0.05, 0.1) is 6.54 Å². The normalized spacial score (nSPS) is 11.5. The monoisotopic (exact) mass is 609 g/mol. The van der Waals surface area contributed by atoms with Gasteiger partial charge in [0.15, 0.2) is 0 Å². The number of carbonyl (C=O) groups is 3. The lowest BCUT2D eigenvalue weighted by molar-refractivity contribution is -0.139. The molecule has 228 valence electrons. The van der Waals surface area contributed by atoms with Gasteiger partial charge in [-0.1, -0.05) is 91.0 Å². The zero-order valence-corrected chi connectivity index (χ0v) is 26.0. The average Bonchev–Trinajstić information content (AvgIpc) is 3.03. The van der Waals surface area contributed by atoms with E-state index in [2.05, 4.69) is 10.6 Å². The quantitative estimate of drug-likeness (QED) is 0.155. The average molecular weight is 610 g/mol. The molecular weight excluding hydrogens is 570 g/mol. The molecule has 4 aromatic rings. The molecule has 7 nitrogen and oxygen atoms in total. The van der Waals surface area contributed by atoms with E-state index in [0.717, 1.165) is 33.4 Å². The van der Waals surface area contributed by atoms with Crippen molar-refractivity contribution in [1.82, 2.24) is 15.5 Å². The number of nitrogens with zero attached hydrogens (tertiary/aromatic N) is 1. The van der Waals surface area contributed by atoms with Crippen molar-refractivity contribution in [3.05, 3.63) is 131 Å². The van der Waals surface area contributed by atoms with E-state index in [1.165, 1.54) is 11.8 Å². The van der Waals surface area contributed by atoms with Crippen molar-refractivity contribution in [2.45, 2.75) is 39.0 Å². The van der Waals surface area contributed by atoms with Crippen molar-refractivity contribution in [3.63, 3.8) is 0 Å². The molecule has 0 heterocycles. The third kappa shape index (κ3) is 9.30. The van der Waals surface area contributed by atoms with E-state index in [4.69, 9.17) is 0 Å². The van der Waals surface area contributed by atoms with Gasteiger partial charge in [-0.2, -0.15) is 11.8 Å². The van der Waals surface area contributed by atoms with Gasteiger partial charge in [-0.15, -0.1) is 0 Å². The van der Waals surface area contributed by atoms with Crippen molar-refractivity contribution in [2.75, 3.05) is 18.6 Å². The van der Waals surface area contributed by atoms with Gasteiger partial charge in [0.1, 0.15) is 6.04 Å². The Hall–Kier alpha value is -4.40. The van der Waals surface area contributed by atoms with Crippen molar-refractivity contribution in [1.29, 1.82) is 0 Å². The number of amides is 2. The first-order valence-electron chi connectivity index (χ1n) is 14.6. The number of benzene rings is 4. The van der Waals surface area contributed by atoms with Crippen LogP contribution in [0.15, 0.2) is 103 Å². The summed E-state index contributed by atoms with van der Waals surface area (Å²) in [7, 11) is 0. The first kappa shape index (κ1) is 32.5. The van der Waals surface area contributed by atoms with Gasteiger partial charge in [0.25, 0.3) is 5.91 Å². The Morgan fingerprint density at radius 2 is 1.41 bits per heavy atom. The van der Waals surface area contributed by atoms with Crippen LogP contribution in [0.25, 0.3) is 11.1 Å². The highest BCUT2D eigenvalue weighted by Crippen LogP contribution is 2.28. The first-order chi connectivity index (χ1) is 21.4. The predicted molar refractivity (Wildman–Crippen MR) is 177 cm³/mol. The van der Waals surface area contributed by atoms with Crippen molar-refractivity contribution in [2.24, 2.45) is 0 Å². The van der Waals surface area contributed by atoms with Gasteiger partial charge in [-0.3, -0.25) is 9.59 Å². The molecule has 0 aliphatic rings. The van der Waals surface area contributed by atoms with Crippen LogP contribution in [0.3, 0.4) is 0 Å². The SMILES string of the molecule is CSCCC(NC(=O)c1ccc(CNCC(=O)N(Cc2ccccc2)Cc2ccccc2)cc1-c1ccccc1C)C(=O)O. The molecule has 0 aromatic heterocycles. The van der Waals surface area contributed by atoms with E-state index >= 15 is 0 Å². The topological polar surface area (TPSA) is 98.7 Å². The van der Waals surface area contributed by atoms with Crippen molar-refractivity contribution in [3.8, 4) is 11.1 Å². The highest BCUT2D eigenvalue weighted by atomic mass is 32.2. The summed E-state index contributed by atoms with van der Waals surface area (Å²) in [5, 5.41) is 15.7. The Kier molecular flexibility index (Phi) is 12.2. The fraction of sp³-hybridized carbons (Fsp3) is 0.250. The number of thioether (sulfide) groups is 1. The van der Waals surface area contributed by atoms with Gasteiger partial charge in [0, 0.05) is 25.2 Å². The zero-order chi connectivity index (χ0) is 31.3. The standard InChI is InChI=1S/C36H39N3O4S/c1-26-11-9-10-16-30(26)32-21-29(17-18-31(32)35(41)38-33(36(42)43)19-20-44-2)22-37-23-34(40)39(24-27-12-5-3-6-13-27)25-28-14-7-4-8-15-28/h3-18,21,33,37H,19-20,22-25H2,1-2H3,(H,38,41)(H,42,43). The second kappa shape index (κ2) is 16.4. The van der Waals surface area contributed by atoms with E-state index in [1.54, 1.807) is 6.07 Å². The van der Waals surface area contributed by atoms with E-state index in [1.807, 2.05) is 115 Å². The predicted octanol–water partition coefficient (Wildman–Crippen LogP) is 5.92. The lowest BCUT2D eigenvalue weighted by atomic mass is 9.93. The molecule has 0 aliphatic heterocycles. The maximum absolute atomic E-state index is 13.4. The van der Waals surface area contributed by atoms with Crippen LogP contribution in [0, 0.1) is 6.92 Å². The molecule has 3 N–H and O–H groups in total. The maximum atomic E-state index is 13.4. The molecular formula is C36H39N3O4S. The third-order valence-electron chi connectivity index (χ3n) is 7.37. The van der Waals surface area contributed by atoms with Gasteiger partial charge in [-0.05, 0) is 70.9 Å². The van der Waals surface area contributed by atoms with Crippen molar-refractivity contribution < 1.29 is 19.5 Å². The highest BCUT2D eigenvalue weighted by Gasteiger charge is 2.23. The molecule has 1 unspecified atom stereocenters. The minimum Gasteiger partial charge on any atom is -0.480 e. The molecule has 2 amide bonds. The Balaban J connectivity index is 1.50. The Morgan fingerprint density at radius 3 is 2.00 bits per heavy atom. The lowest BCUT2D eigenvalue weighted by Gasteiger charge is -2.23. The molecule has 8 heteroatoms. The number of carboxylic acids is 1. The van der Waals surface area contributed by atoms with Crippen LogP contribution in [0.1, 0.15) is 39.0 Å². The molecule has 0 spiro atoms. The number of hydrogen-bond donors (Lipinski definition) is 3. The summed E-state index contributed by atoms with van der Waals surface area (Å²) in [6, 6.07) is 32.2. The molecule has 0 fully saturated rings. The number of carboxylic acid groups (broad SMARTS) is 1. The molecule has 0 aliphatic carbocycles. The van der Waals surface area contributed by atoms with Crippen molar-refractivity contribution >= 4 is 29.5 Å². The molecule has 0 bridgehead atoms. The Labute approximate surface area is 263 Å². The summed E-state index contributed by atoms with van der Waals surface area (Å²) in [4.78, 5) is 40.4. The minimum atomic E-state index is -1.05. The molecule has 4 aromatic carbocycles. The van der Waals surface area contributed by atoms with E-state index in [9.17, 15) is 19.5 Å². The number of carbonyl (C=O) groups excluding carboxylic acids is 2. The van der Waals surface area contributed by atoms with Crippen LogP contribution in [-0.2, 0) is 29.2 Å². The Bertz CT molecular complexity index is 1500. The number of aliphatic carboxylic acids is 1. The van der Waals surface area contributed by atoms with E-state index in [0.29, 0.717) is 37.4 Å². The summed E-state index contributed by atoms with van der Waals surface area (Å²) in [5.74, 6) is -0.870. The number of nitrogens with one attached hydrogen (secondary N) is 2. The molecule has 0 saturated heterocycles.